The summed E-state index contributed by atoms with van der Waals surface area (Å²) in [6, 6.07) is 5.66. The number of pyridine rings is 1. The highest BCUT2D eigenvalue weighted by Crippen LogP contribution is 2.68. The van der Waals surface area contributed by atoms with Crippen molar-refractivity contribution in [2.45, 2.75) is 74.8 Å². The maximum Gasteiger partial charge on any atom is 0.293 e. The van der Waals surface area contributed by atoms with E-state index in [0.29, 0.717) is 23.6 Å². The number of nitrogens with one attached hydrogen (secondary N) is 2. The Kier molecular flexibility index (Phi) is 9.98. The number of ether oxygens (including phenoxy) is 1. The first kappa shape index (κ1) is 41.5. The number of anilines is 1. The van der Waals surface area contributed by atoms with Gasteiger partial charge in [-0.15, -0.1) is 0 Å². The van der Waals surface area contributed by atoms with Gasteiger partial charge in [-0.05, 0) is 61.1 Å². The van der Waals surface area contributed by atoms with Gasteiger partial charge >= 0.3 is 0 Å². The largest absolute Gasteiger partial charge is 0.481 e. The molecule has 24 heteroatoms. The van der Waals surface area contributed by atoms with Gasteiger partial charge in [0.05, 0.1) is 45.4 Å². The van der Waals surface area contributed by atoms with Crippen molar-refractivity contribution in [3.8, 4) is 11.6 Å². The normalized spacial score (nSPS) is 18.4. The second kappa shape index (κ2) is 14.9. The van der Waals surface area contributed by atoms with E-state index in [1.54, 1.807) is 0 Å². The molecule has 0 unspecified atom stereocenters. The molecule has 0 bridgehead atoms. The molecule has 326 valence electrons. The summed E-state index contributed by atoms with van der Waals surface area (Å²) in [6.45, 7) is -2.22. The third-order valence-corrected chi connectivity index (χ3v) is 13.1. The van der Waals surface area contributed by atoms with E-state index in [9.17, 15) is 44.3 Å². The lowest BCUT2D eigenvalue weighted by molar-refractivity contribution is -0.123. The molecular formula is C38H30ClF8N9O5S. The summed E-state index contributed by atoms with van der Waals surface area (Å²) in [5.74, 6) is -9.97. The summed E-state index contributed by atoms with van der Waals surface area (Å²) < 4.78 is 153. The van der Waals surface area contributed by atoms with Crippen molar-refractivity contribution < 1.29 is 53.1 Å². The molecule has 2 saturated carbocycles. The fourth-order valence-corrected chi connectivity index (χ4v) is 9.72. The topological polar surface area (TPSA) is 168 Å². The van der Waals surface area contributed by atoms with Crippen LogP contribution >= 0.6 is 11.6 Å². The summed E-state index contributed by atoms with van der Waals surface area (Å²) in [7, 11) is -2.82. The zero-order valence-corrected chi connectivity index (χ0v) is 33.3. The van der Waals surface area contributed by atoms with E-state index < -0.39 is 118 Å². The molecule has 62 heavy (non-hydrogen) atoms. The van der Waals surface area contributed by atoms with Crippen molar-refractivity contribution >= 4 is 55.3 Å². The van der Waals surface area contributed by atoms with Gasteiger partial charge in [0, 0.05) is 30.0 Å². The Hall–Kier alpha value is -5.84. The van der Waals surface area contributed by atoms with Crippen LogP contribution in [-0.4, -0.2) is 67.2 Å². The van der Waals surface area contributed by atoms with Gasteiger partial charge in [0.15, 0.2) is 11.5 Å². The van der Waals surface area contributed by atoms with Gasteiger partial charge < -0.3 is 10.1 Å². The molecular weight excluding hydrogens is 882 g/mol. The van der Waals surface area contributed by atoms with Crippen molar-refractivity contribution in [3.63, 3.8) is 0 Å². The molecule has 3 atom stereocenters. The minimum Gasteiger partial charge on any atom is -0.481 e. The van der Waals surface area contributed by atoms with Crippen molar-refractivity contribution in [1.82, 2.24) is 39.4 Å². The highest BCUT2D eigenvalue weighted by atomic mass is 35.5. The summed E-state index contributed by atoms with van der Waals surface area (Å²) in [4.78, 5) is 37.7. The molecule has 9 rings (SSSR count). The maximum absolute atomic E-state index is 15.5. The SMILES string of the molecule is COc1ccc2c(=O)n(-c3ccc(Cl)c4c(NS(=O)(=O)C5CC5)nn(CC(F)F)c34)c([C@H](Cc3cc(F)cc(F)c3)NC(=O)Cn3nc(C(F)F)c4c3C(F)(F)[C@@H]3C[C@H]43)nc2n1. The van der Waals surface area contributed by atoms with Crippen LogP contribution in [0.3, 0.4) is 0 Å². The van der Waals surface area contributed by atoms with E-state index in [2.05, 4.69) is 30.2 Å². The molecule has 0 saturated heterocycles. The van der Waals surface area contributed by atoms with E-state index in [4.69, 9.17) is 16.3 Å². The first-order valence-corrected chi connectivity index (χ1v) is 20.8. The standard InChI is InChI=1S/C38H30ClF8N9O5S/c1-61-27-7-4-19-34(49-27)50-36(56(37(19)58)24-6-5-22(39)29-31(24)54(13-25(42)43)52-35(29)53-62(59,60)18-2-3-18)23(10-15-8-16(40)11-17(41)9-15)48-26(57)14-55-32-28(30(51-55)33(44)45)20-12-21(20)38(32,46)47/h4-9,11,18,20-21,23,25,33H,2-3,10,12-14H2,1H3,(H,48,57)(H,52,53)/t20-,21+,23-/m0/s1. The van der Waals surface area contributed by atoms with Gasteiger partial charge in [0.2, 0.25) is 21.8 Å². The van der Waals surface area contributed by atoms with E-state index >= 15 is 8.78 Å². The number of carbonyl (C=O) groups is 1. The summed E-state index contributed by atoms with van der Waals surface area (Å²) in [5, 5.41) is 8.94. The smallest absolute Gasteiger partial charge is 0.293 e. The summed E-state index contributed by atoms with van der Waals surface area (Å²) in [5.41, 5.74) is -4.12. The number of carbonyl (C=O) groups excluding carboxylic acids is 1. The number of amides is 1. The van der Waals surface area contributed by atoms with Crippen LogP contribution in [0.2, 0.25) is 5.02 Å². The minimum atomic E-state index is -4.08. The van der Waals surface area contributed by atoms with Gasteiger partial charge in [-0.3, -0.25) is 28.2 Å². The van der Waals surface area contributed by atoms with Gasteiger partial charge in [0.25, 0.3) is 24.3 Å². The predicted molar refractivity (Wildman–Crippen MR) is 204 cm³/mol. The molecule has 4 heterocycles. The Morgan fingerprint density at radius 2 is 1.74 bits per heavy atom. The molecule has 4 aromatic heterocycles. The average molecular weight is 912 g/mol. The van der Waals surface area contributed by atoms with E-state index in [1.807, 2.05) is 0 Å². The lowest BCUT2D eigenvalue weighted by atomic mass is 10.0. The van der Waals surface area contributed by atoms with Crippen molar-refractivity contribution in [1.29, 1.82) is 0 Å². The Labute approximate surface area is 348 Å². The minimum absolute atomic E-state index is 0.0429. The fraction of sp³-hybridized carbons (Fsp3) is 0.368. The molecule has 2 N–H and O–H groups in total. The van der Waals surface area contributed by atoms with Crippen LogP contribution in [0.4, 0.5) is 40.9 Å². The quantitative estimate of drug-likeness (QED) is 0.113. The van der Waals surface area contributed by atoms with Crippen LogP contribution in [0.15, 0.2) is 47.3 Å². The Balaban J connectivity index is 1.25. The highest BCUT2D eigenvalue weighted by molar-refractivity contribution is 7.93. The average Bonchev–Trinajstić information content (AvgIpc) is 4.11. The molecule has 3 aliphatic carbocycles. The monoisotopic (exact) mass is 911 g/mol. The lowest BCUT2D eigenvalue weighted by Crippen LogP contribution is -2.38. The molecule has 0 aliphatic heterocycles. The molecule has 1 amide bonds. The van der Waals surface area contributed by atoms with E-state index in [-0.39, 0.29) is 56.1 Å². The van der Waals surface area contributed by atoms with Crippen LogP contribution < -0.4 is 20.3 Å². The van der Waals surface area contributed by atoms with E-state index in [0.717, 1.165) is 21.4 Å². The van der Waals surface area contributed by atoms with Crippen molar-refractivity contribution in [2.24, 2.45) is 5.92 Å². The number of methoxy groups -OCH3 is 1. The number of nitrogens with zero attached hydrogens (tertiary/aromatic N) is 7. The van der Waals surface area contributed by atoms with Gasteiger partial charge in [-0.25, -0.2) is 39.7 Å². The molecule has 6 aromatic rings. The number of fused-ring (bicyclic) bond motifs is 5. The van der Waals surface area contributed by atoms with Crippen LogP contribution in [0.1, 0.15) is 66.0 Å². The number of rotatable bonds is 14. The molecule has 2 fully saturated rings. The Morgan fingerprint density at radius 3 is 2.40 bits per heavy atom. The van der Waals surface area contributed by atoms with Crippen LogP contribution in [0.25, 0.3) is 27.6 Å². The summed E-state index contributed by atoms with van der Waals surface area (Å²) in [6.07, 6.45) is -6.34. The number of hydrogen-bond acceptors (Lipinski definition) is 9. The number of sulfonamides is 1. The lowest BCUT2D eigenvalue weighted by Gasteiger charge is -2.24. The zero-order chi connectivity index (χ0) is 44.2. The van der Waals surface area contributed by atoms with Gasteiger partial charge in [-0.1, -0.05) is 11.6 Å². The molecule has 14 nitrogen and oxygen atoms in total. The maximum atomic E-state index is 15.5. The summed E-state index contributed by atoms with van der Waals surface area (Å²) >= 11 is 6.60. The second-order valence-corrected chi connectivity index (χ2v) is 17.5. The van der Waals surface area contributed by atoms with Gasteiger partial charge in [0.1, 0.15) is 41.9 Å². The number of aromatic nitrogens is 7. The van der Waals surface area contributed by atoms with E-state index in [1.165, 1.54) is 31.4 Å². The second-order valence-electron chi connectivity index (χ2n) is 15.2. The third kappa shape index (κ3) is 7.16. The Bertz CT molecular complexity index is 2990. The first-order chi connectivity index (χ1) is 29.4. The number of alkyl halides is 6. The number of benzene rings is 2. The zero-order valence-electron chi connectivity index (χ0n) is 31.7. The van der Waals surface area contributed by atoms with Crippen LogP contribution in [0, 0.1) is 17.6 Å². The van der Waals surface area contributed by atoms with Crippen molar-refractivity contribution in [2.75, 3.05) is 11.8 Å². The number of halogens is 9. The number of hydrogen-bond donors (Lipinski definition) is 2. The molecule has 3 aliphatic rings. The molecule has 0 radical (unpaired) electrons. The first-order valence-electron chi connectivity index (χ1n) is 18.8. The van der Waals surface area contributed by atoms with Crippen LogP contribution in [-0.2, 0) is 40.3 Å². The molecule has 2 aromatic carbocycles. The molecule has 0 spiro atoms. The van der Waals surface area contributed by atoms with Crippen LogP contribution in [0.5, 0.6) is 5.88 Å². The predicted octanol–water partition coefficient (Wildman–Crippen LogP) is 6.68. The highest BCUT2D eigenvalue weighted by Gasteiger charge is 2.67. The third-order valence-electron chi connectivity index (χ3n) is 11.0. The fourth-order valence-electron chi connectivity index (χ4n) is 8.15. The van der Waals surface area contributed by atoms with Crippen molar-refractivity contribution in [3.05, 3.63) is 97.8 Å². The Morgan fingerprint density at radius 1 is 1.02 bits per heavy atom. The van der Waals surface area contributed by atoms with Gasteiger partial charge in [-0.2, -0.15) is 24.0 Å².